The predicted molar refractivity (Wildman–Crippen MR) is 110 cm³/mol. The van der Waals surface area contributed by atoms with E-state index >= 15 is 0 Å². The second-order valence-corrected chi connectivity index (χ2v) is 7.29. The van der Waals surface area contributed by atoms with Crippen molar-refractivity contribution in [3.05, 3.63) is 53.8 Å². The van der Waals surface area contributed by atoms with Crippen molar-refractivity contribution in [3.63, 3.8) is 0 Å². The highest BCUT2D eigenvalue weighted by molar-refractivity contribution is 6.01. The van der Waals surface area contributed by atoms with Gasteiger partial charge in [-0.3, -0.25) is 4.79 Å². The molecule has 0 radical (unpaired) electrons. The molecule has 2 aliphatic heterocycles. The first kappa shape index (κ1) is 20.3. The lowest BCUT2D eigenvalue weighted by atomic mass is 9.93. The molecule has 0 fully saturated rings. The van der Waals surface area contributed by atoms with Crippen molar-refractivity contribution in [2.24, 2.45) is 5.16 Å². The second kappa shape index (κ2) is 9.21. The van der Waals surface area contributed by atoms with E-state index in [2.05, 4.69) is 20.9 Å². The normalized spacial score (nSPS) is 22.1. The summed E-state index contributed by atoms with van der Waals surface area (Å²) in [4.78, 5) is 17.6. The molecule has 2 aromatic rings. The number of anilines is 1. The highest BCUT2D eigenvalue weighted by Gasteiger charge is 2.26. The highest BCUT2D eigenvalue weighted by atomic mass is 16.6. The molecule has 0 bridgehead atoms. The third kappa shape index (κ3) is 4.59. The third-order valence-corrected chi connectivity index (χ3v) is 5.20. The molecule has 3 atom stereocenters. The maximum absolute atomic E-state index is 12.1. The SMILES string of the molecule is O=C(C(O)CO)[C@@H]1C=C(c2ccc(C3=NOC(CNc4ccon4)C3)cc2)CCN1. The van der Waals surface area contributed by atoms with Gasteiger partial charge in [0.15, 0.2) is 11.6 Å². The van der Waals surface area contributed by atoms with Gasteiger partial charge in [0.1, 0.15) is 18.5 Å². The van der Waals surface area contributed by atoms with Gasteiger partial charge < -0.3 is 30.2 Å². The van der Waals surface area contributed by atoms with Crippen LogP contribution in [0.1, 0.15) is 24.0 Å². The topological polar surface area (TPSA) is 129 Å². The number of carbonyl (C=O) groups is 1. The number of aliphatic hydroxyl groups excluding tert-OH is 2. The monoisotopic (exact) mass is 412 g/mol. The Balaban J connectivity index is 1.37. The van der Waals surface area contributed by atoms with Crippen LogP contribution >= 0.6 is 0 Å². The Labute approximate surface area is 173 Å². The van der Waals surface area contributed by atoms with Crippen LogP contribution in [0.2, 0.25) is 0 Å². The van der Waals surface area contributed by atoms with Crippen LogP contribution in [0.3, 0.4) is 0 Å². The number of rotatable bonds is 8. The van der Waals surface area contributed by atoms with E-state index in [1.165, 1.54) is 6.26 Å². The first-order valence-corrected chi connectivity index (χ1v) is 9.88. The van der Waals surface area contributed by atoms with Crippen LogP contribution in [0.5, 0.6) is 0 Å². The Morgan fingerprint density at radius 1 is 1.27 bits per heavy atom. The minimum atomic E-state index is -1.37. The predicted octanol–water partition coefficient (Wildman–Crippen LogP) is 0.947. The summed E-state index contributed by atoms with van der Waals surface area (Å²) < 4.78 is 4.79. The fourth-order valence-electron chi connectivity index (χ4n) is 3.53. The number of aliphatic hydroxyl groups is 2. The average molecular weight is 412 g/mol. The molecule has 9 heteroatoms. The van der Waals surface area contributed by atoms with Crippen LogP contribution in [0.15, 0.2) is 52.3 Å². The van der Waals surface area contributed by atoms with E-state index in [0.29, 0.717) is 25.3 Å². The summed E-state index contributed by atoms with van der Waals surface area (Å²) in [5, 5.41) is 32.8. The molecular weight excluding hydrogens is 388 g/mol. The molecular formula is C21H24N4O5. The quantitative estimate of drug-likeness (QED) is 0.504. The summed E-state index contributed by atoms with van der Waals surface area (Å²) in [6.07, 6.45) is 3.35. The zero-order valence-corrected chi connectivity index (χ0v) is 16.3. The van der Waals surface area contributed by atoms with Gasteiger partial charge in [0.05, 0.1) is 24.9 Å². The molecule has 0 amide bonds. The third-order valence-electron chi connectivity index (χ3n) is 5.20. The Morgan fingerprint density at radius 3 is 2.80 bits per heavy atom. The Hall–Kier alpha value is -3.01. The summed E-state index contributed by atoms with van der Waals surface area (Å²) in [6, 6.07) is 9.13. The van der Waals surface area contributed by atoms with E-state index < -0.39 is 24.5 Å². The molecule has 2 aliphatic rings. The molecule has 9 nitrogen and oxygen atoms in total. The van der Waals surface area contributed by atoms with Gasteiger partial charge in [-0.05, 0) is 23.1 Å². The van der Waals surface area contributed by atoms with Crippen LogP contribution in [-0.4, -0.2) is 64.8 Å². The molecule has 4 rings (SSSR count). The van der Waals surface area contributed by atoms with E-state index in [4.69, 9.17) is 14.5 Å². The molecule has 0 saturated heterocycles. The smallest absolute Gasteiger partial charge is 0.184 e. The van der Waals surface area contributed by atoms with Crippen molar-refractivity contribution in [1.82, 2.24) is 10.5 Å². The molecule has 30 heavy (non-hydrogen) atoms. The minimum Gasteiger partial charge on any atom is -0.393 e. The van der Waals surface area contributed by atoms with Gasteiger partial charge in [-0.2, -0.15) is 0 Å². The lowest BCUT2D eigenvalue weighted by Gasteiger charge is -2.23. The minimum absolute atomic E-state index is 0.0757. The molecule has 4 N–H and O–H groups in total. The number of oxime groups is 1. The zero-order chi connectivity index (χ0) is 20.9. The van der Waals surface area contributed by atoms with Crippen molar-refractivity contribution >= 4 is 22.9 Å². The number of benzene rings is 1. The van der Waals surface area contributed by atoms with Gasteiger partial charge in [0, 0.05) is 19.0 Å². The summed E-state index contributed by atoms with van der Waals surface area (Å²) in [7, 11) is 0. The summed E-state index contributed by atoms with van der Waals surface area (Å²) in [6.45, 7) is 0.629. The Kier molecular flexibility index (Phi) is 6.22. The molecule has 0 saturated carbocycles. The second-order valence-electron chi connectivity index (χ2n) is 7.29. The van der Waals surface area contributed by atoms with Gasteiger partial charge >= 0.3 is 0 Å². The maximum atomic E-state index is 12.1. The van der Waals surface area contributed by atoms with Gasteiger partial charge in [0.25, 0.3) is 0 Å². The summed E-state index contributed by atoms with van der Waals surface area (Å²) in [5.74, 6) is 0.240. The van der Waals surface area contributed by atoms with Crippen LogP contribution < -0.4 is 10.6 Å². The van der Waals surface area contributed by atoms with Crippen LogP contribution in [0.25, 0.3) is 5.57 Å². The van der Waals surface area contributed by atoms with Gasteiger partial charge in [-0.1, -0.05) is 40.7 Å². The maximum Gasteiger partial charge on any atom is 0.184 e. The fraction of sp³-hybridized carbons (Fsp3) is 0.381. The number of aromatic nitrogens is 1. The Morgan fingerprint density at radius 2 is 2.07 bits per heavy atom. The van der Waals surface area contributed by atoms with Gasteiger partial charge in [0.2, 0.25) is 0 Å². The fourth-order valence-corrected chi connectivity index (χ4v) is 3.53. The lowest BCUT2D eigenvalue weighted by molar-refractivity contribution is -0.130. The first-order valence-electron chi connectivity index (χ1n) is 9.88. The number of nitrogens with one attached hydrogen (secondary N) is 2. The molecule has 2 unspecified atom stereocenters. The van der Waals surface area contributed by atoms with Crippen LogP contribution in [-0.2, 0) is 9.63 Å². The van der Waals surface area contributed by atoms with E-state index in [9.17, 15) is 9.90 Å². The Bertz CT molecular complexity index is 923. The first-order chi connectivity index (χ1) is 14.6. The number of hydrogen-bond donors (Lipinski definition) is 4. The molecule has 0 aliphatic carbocycles. The van der Waals surface area contributed by atoms with E-state index in [1.807, 2.05) is 30.3 Å². The largest absolute Gasteiger partial charge is 0.393 e. The number of Topliss-reactive ketones (excluding diaryl/α,β-unsaturated/α-hetero) is 1. The zero-order valence-electron chi connectivity index (χ0n) is 16.3. The highest BCUT2D eigenvalue weighted by Crippen LogP contribution is 2.24. The summed E-state index contributed by atoms with van der Waals surface area (Å²) >= 11 is 0. The van der Waals surface area contributed by atoms with Crippen molar-refractivity contribution in [1.29, 1.82) is 0 Å². The standard InChI is InChI=1S/C21H24N4O5/c26-12-19(27)21(28)18-9-15(5-7-22-18)13-1-3-14(4-2-13)17-10-16(30-24-17)11-23-20-6-8-29-25-20/h1-4,6,8-9,16,18-19,22,26-27H,5,7,10-12H2,(H,23,25)/t16?,18-,19?/m0/s1. The molecule has 1 aromatic carbocycles. The van der Waals surface area contributed by atoms with Crippen molar-refractivity contribution in [3.8, 4) is 0 Å². The molecule has 158 valence electrons. The van der Waals surface area contributed by atoms with E-state index in [-0.39, 0.29) is 6.10 Å². The van der Waals surface area contributed by atoms with Gasteiger partial charge in [-0.15, -0.1) is 0 Å². The van der Waals surface area contributed by atoms with Crippen molar-refractivity contribution < 1.29 is 24.4 Å². The summed E-state index contributed by atoms with van der Waals surface area (Å²) in [5.41, 5.74) is 3.91. The van der Waals surface area contributed by atoms with Crippen molar-refractivity contribution in [2.45, 2.75) is 31.1 Å². The number of ketones is 1. The van der Waals surface area contributed by atoms with Crippen molar-refractivity contribution in [2.75, 3.05) is 25.0 Å². The average Bonchev–Trinajstić information content (AvgIpc) is 3.49. The van der Waals surface area contributed by atoms with E-state index in [1.54, 1.807) is 6.07 Å². The van der Waals surface area contributed by atoms with E-state index in [0.717, 1.165) is 28.8 Å². The molecule has 1 aromatic heterocycles. The molecule has 3 heterocycles. The number of hydrogen-bond acceptors (Lipinski definition) is 9. The van der Waals surface area contributed by atoms with Crippen LogP contribution in [0.4, 0.5) is 5.82 Å². The molecule has 0 spiro atoms. The number of nitrogens with zero attached hydrogens (tertiary/aromatic N) is 2. The number of carbonyl (C=O) groups excluding carboxylic acids is 1. The lowest BCUT2D eigenvalue weighted by Crippen LogP contribution is -2.44. The van der Waals surface area contributed by atoms with Crippen LogP contribution in [0, 0.1) is 0 Å². The van der Waals surface area contributed by atoms with Gasteiger partial charge in [-0.25, -0.2) is 0 Å².